The van der Waals surface area contributed by atoms with Gasteiger partial charge < -0.3 is 14.2 Å². The molecule has 0 N–H and O–H groups in total. The highest BCUT2D eigenvalue weighted by atomic mass is 16.6. The Morgan fingerprint density at radius 2 is 0.462 bits per heavy atom. The van der Waals surface area contributed by atoms with E-state index >= 15 is 0 Å². The molecule has 0 saturated carbocycles. The van der Waals surface area contributed by atoms with E-state index in [2.05, 4.69) is 69.4 Å². The molecule has 0 aliphatic rings. The summed E-state index contributed by atoms with van der Waals surface area (Å²) in [4.78, 5) is 38.4. The van der Waals surface area contributed by atoms with E-state index in [9.17, 15) is 14.4 Å². The first-order valence-electron chi connectivity index (χ1n) is 34.6. The number of unbranched alkanes of at least 4 members (excludes halogenated alkanes) is 45. The summed E-state index contributed by atoms with van der Waals surface area (Å²) in [6, 6.07) is 0. The number of hydrogen-bond acceptors (Lipinski definition) is 6. The Bertz CT molecular complexity index is 1350. The highest BCUT2D eigenvalue weighted by molar-refractivity contribution is 5.71. The Hall–Kier alpha value is -2.63. The molecule has 0 aliphatic heterocycles. The van der Waals surface area contributed by atoms with E-state index < -0.39 is 6.10 Å². The first-order valence-corrected chi connectivity index (χ1v) is 34.6. The van der Waals surface area contributed by atoms with Crippen molar-refractivity contribution in [3.8, 4) is 0 Å². The molecule has 6 nitrogen and oxygen atoms in total. The van der Waals surface area contributed by atoms with Crippen molar-refractivity contribution < 1.29 is 28.6 Å². The quantitative estimate of drug-likeness (QED) is 0.0261. The van der Waals surface area contributed by atoms with E-state index in [1.54, 1.807) is 0 Å². The van der Waals surface area contributed by atoms with Gasteiger partial charge in [0, 0.05) is 19.3 Å². The first kappa shape index (κ1) is 75.4. The van der Waals surface area contributed by atoms with Crippen LogP contribution in [0.4, 0.5) is 0 Å². The molecule has 0 aliphatic carbocycles. The summed E-state index contributed by atoms with van der Waals surface area (Å²) in [5.41, 5.74) is 0. The van der Waals surface area contributed by atoms with Crippen molar-refractivity contribution in [2.24, 2.45) is 0 Å². The van der Waals surface area contributed by atoms with E-state index in [0.29, 0.717) is 19.3 Å². The molecule has 0 amide bonds. The molecule has 0 bridgehead atoms. The smallest absolute Gasteiger partial charge is 0.306 e. The molecule has 0 heterocycles. The molecule has 6 heteroatoms. The van der Waals surface area contributed by atoms with Gasteiger partial charge in [-0.15, -0.1) is 0 Å². The maximum atomic E-state index is 12.9. The van der Waals surface area contributed by atoms with Crippen molar-refractivity contribution in [3.05, 3.63) is 48.6 Å². The van der Waals surface area contributed by atoms with Gasteiger partial charge in [0.2, 0.25) is 0 Å². The van der Waals surface area contributed by atoms with Crippen molar-refractivity contribution in [3.63, 3.8) is 0 Å². The van der Waals surface area contributed by atoms with Gasteiger partial charge in [0.15, 0.2) is 6.10 Å². The number of allylic oxidation sites excluding steroid dienone is 8. The summed E-state index contributed by atoms with van der Waals surface area (Å²) in [6.45, 7) is 6.66. The topological polar surface area (TPSA) is 78.9 Å². The molecule has 0 radical (unpaired) electrons. The summed E-state index contributed by atoms with van der Waals surface area (Å²) in [6.07, 6.45) is 84.2. The highest BCUT2D eigenvalue weighted by Crippen LogP contribution is 2.18. The third-order valence-corrected chi connectivity index (χ3v) is 15.6. The van der Waals surface area contributed by atoms with Crippen LogP contribution in [-0.4, -0.2) is 37.2 Å². The lowest BCUT2D eigenvalue weighted by Crippen LogP contribution is -2.30. The Kier molecular flexibility index (Phi) is 64.6. The first-order chi connectivity index (χ1) is 38.5. The number of ether oxygens (including phenoxy) is 3. The number of carbonyl (C=O) groups is 3. The van der Waals surface area contributed by atoms with Crippen molar-refractivity contribution in [1.82, 2.24) is 0 Å². The number of carbonyl (C=O) groups excluding carboxylic acids is 3. The minimum Gasteiger partial charge on any atom is -0.462 e. The molecule has 0 rings (SSSR count). The molecule has 0 aromatic carbocycles. The molecule has 0 aromatic rings. The normalized spacial score (nSPS) is 12.3. The lowest BCUT2D eigenvalue weighted by Gasteiger charge is -2.18. The van der Waals surface area contributed by atoms with Gasteiger partial charge in [0.25, 0.3) is 0 Å². The van der Waals surface area contributed by atoms with Crippen LogP contribution in [0.25, 0.3) is 0 Å². The second-order valence-corrected chi connectivity index (χ2v) is 23.4. The van der Waals surface area contributed by atoms with Gasteiger partial charge in [0.1, 0.15) is 13.2 Å². The molecule has 0 fully saturated rings. The number of rotatable bonds is 64. The minimum atomic E-state index is -0.775. The molecular formula is C72H132O6. The number of esters is 3. The fourth-order valence-corrected chi connectivity index (χ4v) is 10.3. The Morgan fingerprint density at radius 3 is 0.756 bits per heavy atom. The van der Waals surface area contributed by atoms with E-state index in [1.807, 2.05) is 0 Å². The molecular weight excluding hydrogens is 961 g/mol. The Balaban J connectivity index is 4.22. The minimum absolute atomic E-state index is 0.0725. The maximum Gasteiger partial charge on any atom is 0.306 e. The van der Waals surface area contributed by atoms with E-state index in [4.69, 9.17) is 14.2 Å². The van der Waals surface area contributed by atoms with Gasteiger partial charge in [-0.1, -0.05) is 320 Å². The van der Waals surface area contributed by atoms with Crippen molar-refractivity contribution in [2.45, 2.75) is 380 Å². The van der Waals surface area contributed by atoms with Crippen LogP contribution in [0, 0.1) is 0 Å². The zero-order chi connectivity index (χ0) is 56.4. The van der Waals surface area contributed by atoms with Crippen molar-refractivity contribution in [1.29, 1.82) is 0 Å². The van der Waals surface area contributed by atoms with Crippen LogP contribution in [0.1, 0.15) is 374 Å². The molecule has 0 aromatic heterocycles. The zero-order valence-electron chi connectivity index (χ0n) is 52.5. The van der Waals surface area contributed by atoms with Gasteiger partial charge in [-0.25, -0.2) is 0 Å². The standard InChI is InChI=1S/C72H132O6/c1-4-7-10-13-16-19-22-25-27-29-31-33-34-35-36-37-38-40-41-43-45-47-50-53-56-59-62-65-71(74)77-68-69(67-76-70(73)64-61-58-55-52-49-24-21-18-15-12-9-6-3)78-72(75)66-63-60-57-54-51-48-46-44-42-39-32-30-28-26-23-20-17-14-11-8-5-2/h18,21-22,25,29,31,34-35,69H,4-17,19-20,23-24,26-28,30,32-33,36-68H2,1-3H3/b21-18-,25-22-,31-29-,35-34-. The van der Waals surface area contributed by atoms with E-state index in [-0.39, 0.29) is 31.1 Å². The predicted octanol–water partition coefficient (Wildman–Crippen LogP) is 23.7. The molecule has 0 spiro atoms. The van der Waals surface area contributed by atoms with Crippen LogP contribution in [-0.2, 0) is 28.6 Å². The van der Waals surface area contributed by atoms with Gasteiger partial charge in [-0.3, -0.25) is 14.4 Å². The third-order valence-electron chi connectivity index (χ3n) is 15.6. The van der Waals surface area contributed by atoms with Crippen LogP contribution >= 0.6 is 0 Å². The maximum absolute atomic E-state index is 12.9. The van der Waals surface area contributed by atoms with Gasteiger partial charge in [-0.05, 0) is 83.5 Å². The summed E-state index contributed by atoms with van der Waals surface area (Å²) >= 11 is 0. The van der Waals surface area contributed by atoms with Crippen molar-refractivity contribution >= 4 is 17.9 Å². The zero-order valence-corrected chi connectivity index (χ0v) is 52.5. The Labute approximate surface area is 486 Å². The molecule has 1 unspecified atom stereocenters. The molecule has 0 saturated heterocycles. The second kappa shape index (κ2) is 66.9. The summed E-state index contributed by atoms with van der Waals surface area (Å²) in [5, 5.41) is 0. The largest absolute Gasteiger partial charge is 0.462 e. The molecule has 78 heavy (non-hydrogen) atoms. The van der Waals surface area contributed by atoms with Crippen LogP contribution < -0.4 is 0 Å². The second-order valence-electron chi connectivity index (χ2n) is 23.4. The van der Waals surface area contributed by atoms with Gasteiger partial charge >= 0.3 is 17.9 Å². The average molecular weight is 1090 g/mol. The van der Waals surface area contributed by atoms with E-state index in [1.165, 1.54) is 257 Å². The van der Waals surface area contributed by atoms with Crippen LogP contribution in [0.15, 0.2) is 48.6 Å². The fourth-order valence-electron chi connectivity index (χ4n) is 10.3. The SMILES string of the molecule is CCCCC/C=C\CCCCCCCC(=O)OCC(COC(=O)CCCCCCCCCCCCCC/C=C\C/C=C\C/C=C\CCCCCCC)OC(=O)CCCCCCCCCCCCCCCCCCCCCCC. The third kappa shape index (κ3) is 64.2. The van der Waals surface area contributed by atoms with Gasteiger partial charge in [0.05, 0.1) is 0 Å². The summed E-state index contributed by atoms with van der Waals surface area (Å²) in [7, 11) is 0. The lowest BCUT2D eigenvalue weighted by atomic mass is 10.0. The fraction of sp³-hybridized carbons (Fsp3) is 0.847. The van der Waals surface area contributed by atoms with Gasteiger partial charge in [-0.2, -0.15) is 0 Å². The Morgan fingerprint density at radius 1 is 0.256 bits per heavy atom. The lowest BCUT2D eigenvalue weighted by molar-refractivity contribution is -0.167. The highest BCUT2D eigenvalue weighted by Gasteiger charge is 2.19. The molecule has 1 atom stereocenters. The van der Waals surface area contributed by atoms with Crippen LogP contribution in [0.3, 0.4) is 0 Å². The predicted molar refractivity (Wildman–Crippen MR) is 339 cm³/mol. The number of hydrogen-bond donors (Lipinski definition) is 0. The van der Waals surface area contributed by atoms with Crippen LogP contribution in [0.2, 0.25) is 0 Å². The van der Waals surface area contributed by atoms with Crippen molar-refractivity contribution in [2.75, 3.05) is 13.2 Å². The van der Waals surface area contributed by atoms with E-state index in [0.717, 1.165) is 77.0 Å². The average Bonchev–Trinajstić information content (AvgIpc) is 3.44. The molecule has 456 valence electrons. The monoisotopic (exact) mass is 1090 g/mol. The summed E-state index contributed by atoms with van der Waals surface area (Å²) < 4.78 is 17.0. The van der Waals surface area contributed by atoms with Crippen LogP contribution in [0.5, 0.6) is 0 Å². The summed E-state index contributed by atoms with van der Waals surface area (Å²) in [5.74, 6) is -0.859.